The lowest BCUT2D eigenvalue weighted by molar-refractivity contribution is 0.152. The summed E-state index contributed by atoms with van der Waals surface area (Å²) in [5.41, 5.74) is 6.78. The van der Waals surface area contributed by atoms with Gasteiger partial charge < -0.3 is 5.73 Å². The van der Waals surface area contributed by atoms with Crippen LogP contribution < -0.4 is 5.73 Å². The van der Waals surface area contributed by atoms with Gasteiger partial charge in [0.05, 0.1) is 0 Å². The Labute approximate surface area is 70.4 Å². The Hall–Kier alpha value is -0.0400. The van der Waals surface area contributed by atoms with E-state index in [1.54, 1.807) is 0 Å². The predicted octanol–water partition coefficient (Wildman–Crippen LogP) is 2.69. The van der Waals surface area contributed by atoms with Crippen LogP contribution in [-0.4, -0.2) is 5.54 Å². The lowest BCUT2D eigenvalue weighted by atomic mass is 9.68. The second-order valence-electron chi connectivity index (χ2n) is 4.82. The molecule has 1 saturated carbocycles. The second-order valence-corrected chi connectivity index (χ2v) is 4.82. The van der Waals surface area contributed by atoms with Crippen molar-refractivity contribution in [3.05, 3.63) is 0 Å². The molecule has 1 rings (SSSR count). The number of rotatable bonds is 1. The van der Waals surface area contributed by atoms with Gasteiger partial charge in [-0.15, -0.1) is 0 Å². The molecule has 0 radical (unpaired) electrons. The lowest BCUT2D eigenvalue weighted by Crippen LogP contribution is -2.42. The van der Waals surface area contributed by atoms with Crippen molar-refractivity contribution in [2.75, 3.05) is 0 Å². The molecular formula is C10H21N. The van der Waals surface area contributed by atoms with Gasteiger partial charge in [0.2, 0.25) is 0 Å². The fourth-order valence-electron chi connectivity index (χ4n) is 1.78. The first-order valence-electron chi connectivity index (χ1n) is 4.76. The van der Waals surface area contributed by atoms with Crippen molar-refractivity contribution in [1.29, 1.82) is 0 Å². The van der Waals surface area contributed by atoms with Crippen LogP contribution in [0.4, 0.5) is 0 Å². The molecule has 0 aliphatic heterocycles. The van der Waals surface area contributed by atoms with Crippen molar-refractivity contribution < 1.29 is 0 Å². The Morgan fingerprint density at radius 2 is 1.55 bits per heavy atom. The summed E-state index contributed by atoms with van der Waals surface area (Å²) in [6.07, 6.45) is 6.35. The maximum atomic E-state index is 6.05. The van der Waals surface area contributed by atoms with Crippen molar-refractivity contribution in [3.63, 3.8) is 0 Å². The molecule has 0 unspecified atom stereocenters. The first-order chi connectivity index (χ1) is 4.97. The van der Waals surface area contributed by atoms with E-state index in [1.807, 2.05) is 0 Å². The Kier molecular flexibility index (Phi) is 2.29. The first kappa shape index (κ1) is 9.05. The molecule has 0 aromatic rings. The fraction of sp³-hybridized carbons (Fsp3) is 1.00. The van der Waals surface area contributed by atoms with Crippen molar-refractivity contribution in [2.24, 2.45) is 11.1 Å². The van der Waals surface area contributed by atoms with E-state index in [2.05, 4.69) is 20.8 Å². The van der Waals surface area contributed by atoms with Crippen LogP contribution in [0.3, 0.4) is 0 Å². The van der Waals surface area contributed by atoms with Gasteiger partial charge >= 0.3 is 0 Å². The molecule has 0 bridgehead atoms. The molecule has 1 heteroatoms. The van der Waals surface area contributed by atoms with Crippen molar-refractivity contribution in [1.82, 2.24) is 0 Å². The highest BCUT2D eigenvalue weighted by atomic mass is 14.7. The molecule has 1 aliphatic rings. The minimum absolute atomic E-state index is 0.134. The van der Waals surface area contributed by atoms with E-state index in [1.165, 1.54) is 32.1 Å². The maximum Gasteiger partial charge on any atom is 0.0126 e. The maximum absolute atomic E-state index is 6.05. The Bertz CT molecular complexity index is 128. The van der Waals surface area contributed by atoms with Crippen LogP contribution in [0.5, 0.6) is 0 Å². The van der Waals surface area contributed by atoms with Crippen LogP contribution in [0.15, 0.2) is 0 Å². The third-order valence-electron chi connectivity index (χ3n) is 3.45. The minimum Gasteiger partial charge on any atom is -0.325 e. The van der Waals surface area contributed by atoms with Gasteiger partial charge in [-0.2, -0.15) is 0 Å². The Morgan fingerprint density at radius 1 is 1.09 bits per heavy atom. The van der Waals surface area contributed by atoms with E-state index in [9.17, 15) is 0 Å². The number of hydrogen-bond donors (Lipinski definition) is 1. The lowest BCUT2D eigenvalue weighted by Gasteiger charge is -2.40. The van der Waals surface area contributed by atoms with Gasteiger partial charge in [-0.25, -0.2) is 0 Å². The summed E-state index contributed by atoms with van der Waals surface area (Å²) < 4.78 is 0. The topological polar surface area (TPSA) is 26.0 Å². The van der Waals surface area contributed by atoms with Gasteiger partial charge in [-0.1, -0.05) is 20.3 Å². The Morgan fingerprint density at radius 3 is 1.91 bits per heavy atom. The zero-order valence-corrected chi connectivity index (χ0v) is 8.11. The van der Waals surface area contributed by atoms with E-state index in [-0.39, 0.29) is 5.54 Å². The minimum atomic E-state index is 0.134. The van der Waals surface area contributed by atoms with Crippen LogP contribution in [0.2, 0.25) is 0 Å². The quantitative estimate of drug-likeness (QED) is 0.619. The summed E-state index contributed by atoms with van der Waals surface area (Å²) in [6.45, 7) is 6.86. The molecule has 0 heterocycles. The molecule has 66 valence electrons. The molecule has 0 spiro atoms. The second kappa shape index (κ2) is 2.78. The largest absolute Gasteiger partial charge is 0.325 e. The van der Waals surface area contributed by atoms with Crippen LogP contribution in [0.1, 0.15) is 52.9 Å². The van der Waals surface area contributed by atoms with E-state index in [0.29, 0.717) is 5.41 Å². The number of nitrogens with two attached hydrogens (primary N) is 1. The third kappa shape index (κ3) is 2.19. The zero-order chi connectivity index (χ0) is 8.54. The predicted molar refractivity (Wildman–Crippen MR) is 49.5 cm³/mol. The summed E-state index contributed by atoms with van der Waals surface area (Å²) in [5.74, 6) is 0. The highest BCUT2D eigenvalue weighted by Crippen LogP contribution is 2.41. The van der Waals surface area contributed by atoms with Crippen molar-refractivity contribution in [3.8, 4) is 0 Å². The average molecular weight is 155 g/mol. The molecule has 2 N–H and O–H groups in total. The highest BCUT2D eigenvalue weighted by Gasteiger charge is 2.33. The first-order valence-corrected chi connectivity index (χ1v) is 4.76. The molecule has 0 aromatic heterocycles. The van der Waals surface area contributed by atoms with Gasteiger partial charge in [-0.05, 0) is 38.0 Å². The van der Waals surface area contributed by atoms with Crippen LogP contribution in [0.25, 0.3) is 0 Å². The molecule has 0 amide bonds. The molecule has 0 atom stereocenters. The average Bonchev–Trinajstić information content (AvgIpc) is 1.97. The summed E-state index contributed by atoms with van der Waals surface area (Å²) >= 11 is 0. The van der Waals surface area contributed by atoms with Gasteiger partial charge in [0.25, 0.3) is 0 Å². The molecule has 1 nitrogen and oxygen atoms in total. The van der Waals surface area contributed by atoms with Crippen molar-refractivity contribution in [2.45, 2.75) is 58.4 Å². The molecular weight excluding hydrogens is 134 g/mol. The van der Waals surface area contributed by atoms with Crippen LogP contribution in [0, 0.1) is 5.41 Å². The van der Waals surface area contributed by atoms with Crippen LogP contribution in [-0.2, 0) is 0 Å². The third-order valence-corrected chi connectivity index (χ3v) is 3.45. The molecule has 11 heavy (non-hydrogen) atoms. The van der Waals surface area contributed by atoms with Crippen molar-refractivity contribution >= 4 is 0 Å². The van der Waals surface area contributed by atoms with E-state index in [0.717, 1.165) is 0 Å². The summed E-state index contributed by atoms with van der Waals surface area (Å²) in [5, 5.41) is 0. The zero-order valence-electron chi connectivity index (χ0n) is 8.11. The van der Waals surface area contributed by atoms with Crippen LogP contribution >= 0.6 is 0 Å². The van der Waals surface area contributed by atoms with Gasteiger partial charge in [0.1, 0.15) is 0 Å². The molecule has 0 aromatic carbocycles. The summed E-state index contributed by atoms with van der Waals surface area (Å²) in [7, 11) is 0. The van der Waals surface area contributed by atoms with E-state index in [4.69, 9.17) is 5.73 Å². The van der Waals surface area contributed by atoms with E-state index >= 15 is 0 Å². The normalized spacial score (nSPS) is 45.8. The summed E-state index contributed by atoms with van der Waals surface area (Å²) in [6, 6.07) is 0. The standard InChI is InChI=1S/C10H21N/c1-4-9(2)5-7-10(3,11)8-6-9/h4-8,11H2,1-3H3. The smallest absolute Gasteiger partial charge is 0.0126 e. The number of hydrogen-bond acceptors (Lipinski definition) is 1. The Balaban J connectivity index is 2.48. The monoisotopic (exact) mass is 155 g/mol. The fourth-order valence-corrected chi connectivity index (χ4v) is 1.78. The van der Waals surface area contributed by atoms with Gasteiger partial charge in [0.15, 0.2) is 0 Å². The summed E-state index contributed by atoms with van der Waals surface area (Å²) in [4.78, 5) is 0. The molecule has 1 fully saturated rings. The highest BCUT2D eigenvalue weighted by molar-refractivity contribution is 4.90. The molecule has 1 aliphatic carbocycles. The SMILES string of the molecule is CCC1(C)CCC(C)(N)CC1. The van der Waals surface area contributed by atoms with E-state index < -0.39 is 0 Å². The van der Waals surface area contributed by atoms with Gasteiger partial charge in [0, 0.05) is 5.54 Å². The molecule has 0 saturated heterocycles. The van der Waals surface area contributed by atoms with Gasteiger partial charge in [-0.3, -0.25) is 0 Å².